The lowest BCUT2D eigenvalue weighted by Crippen LogP contribution is -2.12. The maximum absolute atomic E-state index is 12.8. The average molecular weight is 493 g/mol. The van der Waals surface area contributed by atoms with Gasteiger partial charge in [0.15, 0.2) is 11.5 Å². The molecule has 1 aromatic heterocycles. The van der Waals surface area contributed by atoms with Gasteiger partial charge in [0.2, 0.25) is 0 Å². The molecule has 4 rings (SSSR count). The van der Waals surface area contributed by atoms with Crippen molar-refractivity contribution in [3.8, 4) is 22.8 Å². The number of hydrogen-bond donors (Lipinski definition) is 1. The molecule has 3 aromatic carbocycles. The van der Waals surface area contributed by atoms with Gasteiger partial charge < -0.3 is 14.8 Å². The standard InChI is InChI=1S/C27H22Cl2N2O3/c1-33-25-12-8-20(16-26(25)34-15-13-18-5-9-21(28)17-23(18)29)27(32)31-22-10-6-19(7-11-22)24-4-2-3-14-30-24/h2-12,14,16-17H,13,15H2,1H3,(H,31,32). The highest BCUT2D eigenvalue weighted by molar-refractivity contribution is 6.35. The van der Waals surface area contributed by atoms with Gasteiger partial charge in [-0.3, -0.25) is 9.78 Å². The first-order chi connectivity index (χ1) is 16.5. The van der Waals surface area contributed by atoms with Crippen LogP contribution in [0.2, 0.25) is 10.0 Å². The maximum atomic E-state index is 12.8. The van der Waals surface area contributed by atoms with E-state index in [1.54, 1.807) is 43.6 Å². The van der Waals surface area contributed by atoms with Gasteiger partial charge in [-0.2, -0.15) is 0 Å². The molecule has 0 spiro atoms. The van der Waals surface area contributed by atoms with Gasteiger partial charge in [0.1, 0.15) is 0 Å². The zero-order valence-electron chi connectivity index (χ0n) is 18.4. The molecule has 0 aliphatic carbocycles. The highest BCUT2D eigenvalue weighted by atomic mass is 35.5. The molecule has 34 heavy (non-hydrogen) atoms. The molecule has 0 radical (unpaired) electrons. The molecule has 1 amide bonds. The number of carbonyl (C=O) groups is 1. The fraction of sp³-hybridized carbons (Fsp3) is 0.111. The largest absolute Gasteiger partial charge is 0.493 e. The summed E-state index contributed by atoms with van der Waals surface area (Å²) in [4.78, 5) is 17.2. The molecule has 0 aliphatic heterocycles. The quantitative estimate of drug-likeness (QED) is 0.289. The monoisotopic (exact) mass is 492 g/mol. The fourth-order valence-electron chi connectivity index (χ4n) is 3.39. The molecule has 1 N–H and O–H groups in total. The van der Waals surface area contributed by atoms with Crippen molar-refractivity contribution in [2.45, 2.75) is 6.42 Å². The van der Waals surface area contributed by atoms with Crippen molar-refractivity contribution in [2.75, 3.05) is 19.0 Å². The number of methoxy groups -OCH3 is 1. The average Bonchev–Trinajstić information content (AvgIpc) is 2.86. The van der Waals surface area contributed by atoms with Gasteiger partial charge in [0, 0.05) is 39.5 Å². The molecule has 0 aliphatic rings. The van der Waals surface area contributed by atoms with Crippen molar-refractivity contribution in [1.82, 2.24) is 4.98 Å². The predicted octanol–water partition coefficient (Wildman–Crippen LogP) is 6.94. The summed E-state index contributed by atoms with van der Waals surface area (Å²) >= 11 is 12.2. The third-order valence-electron chi connectivity index (χ3n) is 5.17. The molecule has 0 unspecified atom stereocenters. The summed E-state index contributed by atoms with van der Waals surface area (Å²) in [7, 11) is 1.56. The minimum Gasteiger partial charge on any atom is -0.493 e. The topological polar surface area (TPSA) is 60.5 Å². The lowest BCUT2D eigenvalue weighted by molar-refractivity contribution is 0.102. The van der Waals surface area contributed by atoms with Crippen LogP contribution < -0.4 is 14.8 Å². The number of amides is 1. The Morgan fingerprint density at radius 2 is 1.76 bits per heavy atom. The third-order valence-corrected chi connectivity index (χ3v) is 5.76. The van der Waals surface area contributed by atoms with Crippen molar-refractivity contribution in [2.24, 2.45) is 0 Å². The van der Waals surface area contributed by atoms with Crippen molar-refractivity contribution >= 4 is 34.8 Å². The van der Waals surface area contributed by atoms with E-state index in [-0.39, 0.29) is 5.91 Å². The Labute approximate surface area is 208 Å². The number of aromatic nitrogens is 1. The van der Waals surface area contributed by atoms with E-state index >= 15 is 0 Å². The van der Waals surface area contributed by atoms with Gasteiger partial charge in [-0.1, -0.05) is 47.5 Å². The van der Waals surface area contributed by atoms with E-state index in [1.807, 2.05) is 48.5 Å². The summed E-state index contributed by atoms with van der Waals surface area (Å²) in [6, 6.07) is 23.7. The van der Waals surface area contributed by atoms with E-state index in [0.717, 1.165) is 16.8 Å². The predicted molar refractivity (Wildman–Crippen MR) is 136 cm³/mol. The van der Waals surface area contributed by atoms with Crippen molar-refractivity contribution in [3.63, 3.8) is 0 Å². The third kappa shape index (κ3) is 5.87. The molecule has 5 nitrogen and oxygen atoms in total. The SMILES string of the molecule is COc1ccc(C(=O)Nc2ccc(-c3ccccn3)cc2)cc1OCCc1ccc(Cl)cc1Cl. The number of benzene rings is 3. The number of ether oxygens (including phenoxy) is 2. The van der Waals surface area contributed by atoms with Crippen molar-refractivity contribution in [3.05, 3.63) is 106 Å². The van der Waals surface area contributed by atoms with Crippen molar-refractivity contribution in [1.29, 1.82) is 0 Å². The zero-order valence-corrected chi connectivity index (χ0v) is 19.9. The van der Waals surface area contributed by atoms with Crippen LogP contribution in [-0.4, -0.2) is 24.6 Å². The Morgan fingerprint density at radius 1 is 0.941 bits per heavy atom. The van der Waals surface area contributed by atoms with E-state index in [0.29, 0.717) is 45.8 Å². The lowest BCUT2D eigenvalue weighted by atomic mass is 10.1. The van der Waals surface area contributed by atoms with E-state index in [9.17, 15) is 4.79 Å². The summed E-state index contributed by atoms with van der Waals surface area (Å²) in [6.07, 6.45) is 2.33. The molecule has 0 saturated carbocycles. The molecule has 0 saturated heterocycles. The van der Waals surface area contributed by atoms with Gasteiger partial charge in [-0.15, -0.1) is 0 Å². The van der Waals surface area contributed by atoms with Crippen LogP contribution >= 0.6 is 23.2 Å². The first-order valence-corrected chi connectivity index (χ1v) is 11.4. The maximum Gasteiger partial charge on any atom is 0.255 e. The Hall–Kier alpha value is -3.54. The summed E-state index contributed by atoms with van der Waals surface area (Å²) in [5, 5.41) is 4.08. The molecule has 0 fully saturated rings. The van der Waals surface area contributed by atoms with Gasteiger partial charge in [0.25, 0.3) is 5.91 Å². The smallest absolute Gasteiger partial charge is 0.255 e. The van der Waals surface area contributed by atoms with Gasteiger partial charge in [0.05, 0.1) is 19.4 Å². The molecule has 1 heterocycles. The van der Waals surface area contributed by atoms with Crippen LogP contribution in [0.15, 0.2) is 85.1 Å². The van der Waals surface area contributed by atoms with Crippen LogP contribution in [0.5, 0.6) is 11.5 Å². The second-order valence-corrected chi connectivity index (χ2v) is 8.29. The summed E-state index contributed by atoms with van der Waals surface area (Å²) in [5.41, 5.74) is 3.90. The van der Waals surface area contributed by atoms with Crippen LogP contribution in [0.1, 0.15) is 15.9 Å². The Morgan fingerprint density at radius 3 is 2.47 bits per heavy atom. The molecule has 172 valence electrons. The number of nitrogens with zero attached hydrogens (tertiary/aromatic N) is 1. The van der Waals surface area contributed by atoms with E-state index < -0.39 is 0 Å². The lowest BCUT2D eigenvalue weighted by Gasteiger charge is -2.13. The number of pyridine rings is 1. The fourth-order valence-corrected chi connectivity index (χ4v) is 3.89. The second-order valence-electron chi connectivity index (χ2n) is 7.45. The number of carbonyl (C=O) groups excluding carboxylic acids is 1. The summed E-state index contributed by atoms with van der Waals surface area (Å²) in [5.74, 6) is 0.767. The molecular weight excluding hydrogens is 471 g/mol. The number of rotatable bonds is 8. The van der Waals surface area contributed by atoms with E-state index in [1.165, 1.54) is 0 Å². The van der Waals surface area contributed by atoms with Gasteiger partial charge in [-0.05, 0) is 60.2 Å². The zero-order chi connectivity index (χ0) is 23.9. The van der Waals surface area contributed by atoms with Gasteiger partial charge in [-0.25, -0.2) is 0 Å². The molecule has 0 bridgehead atoms. The number of anilines is 1. The molecule has 0 atom stereocenters. The first kappa shape index (κ1) is 23.6. The van der Waals surface area contributed by atoms with E-state index in [2.05, 4.69) is 10.3 Å². The van der Waals surface area contributed by atoms with Crippen LogP contribution in [0.4, 0.5) is 5.69 Å². The van der Waals surface area contributed by atoms with Crippen LogP contribution in [0.3, 0.4) is 0 Å². The molecular formula is C27H22Cl2N2O3. The number of nitrogens with one attached hydrogen (secondary N) is 1. The summed E-state index contributed by atoms with van der Waals surface area (Å²) in [6.45, 7) is 0.359. The van der Waals surface area contributed by atoms with Gasteiger partial charge >= 0.3 is 0 Å². The Bertz CT molecular complexity index is 1280. The van der Waals surface area contributed by atoms with Crippen LogP contribution in [-0.2, 0) is 6.42 Å². The highest BCUT2D eigenvalue weighted by Crippen LogP contribution is 2.29. The highest BCUT2D eigenvalue weighted by Gasteiger charge is 2.13. The normalized spacial score (nSPS) is 10.6. The van der Waals surface area contributed by atoms with Crippen LogP contribution in [0, 0.1) is 0 Å². The Balaban J connectivity index is 1.42. The molecule has 4 aromatic rings. The Kier molecular flexibility index (Phi) is 7.68. The minimum absolute atomic E-state index is 0.251. The number of hydrogen-bond acceptors (Lipinski definition) is 4. The number of halogens is 2. The van der Waals surface area contributed by atoms with Crippen molar-refractivity contribution < 1.29 is 14.3 Å². The van der Waals surface area contributed by atoms with E-state index in [4.69, 9.17) is 32.7 Å². The summed E-state index contributed by atoms with van der Waals surface area (Å²) < 4.78 is 11.3. The van der Waals surface area contributed by atoms with Crippen LogP contribution in [0.25, 0.3) is 11.3 Å². The minimum atomic E-state index is -0.251. The first-order valence-electron chi connectivity index (χ1n) is 10.6. The second kappa shape index (κ2) is 11.1. The molecule has 7 heteroatoms.